The van der Waals surface area contributed by atoms with Gasteiger partial charge in [-0.25, -0.2) is 4.99 Å². The van der Waals surface area contributed by atoms with Gasteiger partial charge in [-0.15, -0.1) is 5.11 Å². The average Bonchev–Trinajstić information content (AvgIpc) is 3.21. The Bertz CT molecular complexity index is 3140. The molecule has 2 aliphatic rings. The highest BCUT2D eigenvalue weighted by Gasteiger charge is 2.37. The number of carboxylic acids is 1. The number of aliphatic hydroxyl groups is 1. The van der Waals surface area contributed by atoms with Crippen LogP contribution >= 0.6 is 0 Å². The maximum atomic E-state index is 13.7. The SMILES string of the molecule is Nc1c(N=Nc2ccc(C(O)=Nc3ccc(N/N=C4\C=CC(NCC(=O)O)=CC4=O)cc3)cc2)c(S(=O)(=O)O)cc2c1C(=O)/C(=N/Nc1ccc(S(=O)(=O)O)cc1)C(S(=O)(=O)O)=C2. The number of anilines is 3. The number of nitrogens with one attached hydrogen (secondary N) is 3. The fourth-order valence-electron chi connectivity index (χ4n) is 5.52. The first kappa shape index (κ1) is 44.8. The number of ketones is 2. The lowest BCUT2D eigenvalue weighted by Crippen LogP contribution is -2.28. The van der Waals surface area contributed by atoms with Crippen LogP contribution in [0.15, 0.2) is 143 Å². The summed E-state index contributed by atoms with van der Waals surface area (Å²) in [6, 6.07) is 16.5. The minimum absolute atomic E-state index is 0.00896. The zero-order valence-electron chi connectivity index (χ0n) is 31.5. The van der Waals surface area contributed by atoms with E-state index in [-0.39, 0.29) is 29.2 Å². The van der Waals surface area contributed by atoms with Crippen molar-refractivity contribution in [3.05, 3.63) is 124 Å². The van der Waals surface area contributed by atoms with E-state index in [0.29, 0.717) is 29.2 Å². The number of rotatable bonds is 14. The molecule has 6 rings (SSSR count). The second kappa shape index (κ2) is 17.7. The van der Waals surface area contributed by atoms with Crippen molar-refractivity contribution in [1.82, 2.24) is 5.32 Å². The van der Waals surface area contributed by atoms with Crippen LogP contribution < -0.4 is 21.9 Å². The Kier molecular flexibility index (Phi) is 12.6. The molecule has 0 saturated carbocycles. The number of allylic oxidation sites excluding steroid dienone is 4. The number of hydrogen-bond donors (Lipinski definition) is 9. The summed E-state index contributed by atoms with van der Waals surface area (Å²) in [5.41, 5.74) is 9.26. The molecule has 0 heterocycles. The topological polar surface area (TPSA) is 379 Å². The molecule has 23 nitrogen and oxygen atoms in total. The number of Topliss-reactive ketones (excluding diaryl/α,β-unsaturated/α-hetero) is 1. The van der Waals surface area contributed by atoms with E-state index in [1.807, 2.05) is 0 Å². The van der Waals surface area contributed by atoms with E-state index in [9.17, 15) is 58.4 Å². The number of nitrogen functional groups attached to an aromatic ring is 1. The van der Waals surface area contributed by atoms with Crippen LogP contribution in [0.5, 0.6) is 0 Å². The molecule has 0 spiro atoms. The van der Waals surface area contributed by atoms with Crippen molar-refractivity contribution in [3.63, 3.8) is 0 Å². The number of carboxylic acid groups (broad SMARTS) is 1. The summed E-state index contributed by atoms with van der Waals surface area (Å²) in [4.78, 5) is 38.3. The van der Waals surface area contributed by atoms with Crippen molar-refractivity contribution in [1.29, 1.82) is 0 Å². The predicted molar refractivity (Wildman–Crippen MR) is 227 cm³/mol. The minimum Gasteiger partial charge on any atom is -0.493 e. The molecule has 0 radical (unpaired) electrons. The number of carbonyl (C=O) groups excluding carboxylic acids is 2. The molecule has 2 aliphatic carbocycles. The van der Waals surface area contributed by atoms with Gasteiger partial charge < -0.3 is 21.3 Å². The second-order valence-electron chi connectivity index (χ2n) is 12.8. The lowest BCUT2D eigenvalue weighted by Gasteiger charge is -2.20. The lowest BCUT2D eigenvalue weighted by molar-refractivity contribution is -0.135. The van der Waals surface area contributed by atoms with Crippen LogP contribution in [-0.4, -0.2) is 90.5 Å². The fraction of sp³-hybridized carbons (Fsp3) is 0.0270. The van der Waals surface area contributed by atoms with E-state index in [1.165, 1.54) is 54.6 Å². The number of nitrogens with two attached hydrogens (primary N) is 1. The second-order valence-corrected chi connectivity index (χ2v) is 17.0. The normalized spacial score (nSPS) is 15.9. The van der Waals surface area contributed by atoms with Crippen LogP contribution in [0.1, 0.15) is 21.5 Å². The smallest absolute Gasteiger partial charge is 0.322 e. The number of fused-ring (bicyclic) bond motifs is 1. The highest BCUT2D eigenvalue weighted by Crippen LogP contribution is 2.41. The molecule has 4 aromatic carbocycles. The zero-order chi connectivity index (χ0) is 45.9. The summed E-state index contributed by atoms with van der Waals surface area (Å²) >= 11 is 0. The van der Waals surface area contributed by atoms with E-state index in [2.05, 4.69) is 41.6 Å². The molecule has 26 heteroatoms. The number of nitrogens with zero attached hydrogens (tertiary/aromatic N) is 5. The Hall–Kier alpha value is -7.75. The molecule has 4 aromatic rings. The minimum atomic E-state index is -5.24. The zero-order valence-corrected chi connectivity index (χ0v) is 33.9. The van der Waals surface area contributed by atoms with E-state index in [1.54, 1.807) is 12.1 Å². The van der Waals surface area contributed by atoms with Crippen molar-refractivity contribution in [2.75, 3.05) is 23.1 Å². The van der Waals surface area contributed by atoms with Crippen molar-refractivity contribution in [2.24, 2.45) is 25.4 Å². The van der Waals surface area contributed by atoms with Crippen LogP contribution in [0.25, 0.3) is 6.08 Å². The van der Waals surface area contributed by atoms with Crippen LogP contribution in [-0.2, 0) is 39.9 Å². The Morgan fingerprint density at radius 2 is 1.30 bits per heavy atom. The highest BCUT2D eigenvalue weighted by atomic mass is 32.2. The summed E-state index contributed by atoms with van der Waals surface area (Å²) in [6.07, 6.45) is 4.78. The van der Waals surface area contributed by atoms with Crippen molar-refractivity contribution in [3.8, 4) is 0 Å². The lowest BCUT2D eigenvalue weighted by atomic mass is 9.92. The molecule has 63 heavy (non-hydrogen) atoms. The van der Waals surface area contributed by atoms with Crippen molar-refractivity contribution in [2.45, 2.75) is 9.79 Å². The first-order valence-corrected chi connectivity index (χ1v) is 21.6. The van der Waals surface area contributed by atoms with Gasteiger partial charge >= 0.3 is 5.97 Å². The third-order valence-corrected chi connectivity index (χ3v) is 11.1. The van der Waals surface area contributed by atoms with E-state index in [0.717, 1.165) is 24.3 Å². The molecule has 0 aliphatic heterocycles. The fourth-order valence-corrected chi connectivity index (χ4v) is 7.33. The maximum absolute atomic E-state index is 13.7. The van der Waals surface area contributed by atoms with Gasteiger partial charge in [0.05, 0.1) is 38.9 Å². The molecular formula is C37H29N9O14S3. The molecule has 0 bridgehead atoms. The van der Waals surface area contributed by atoms with Gasteiger partial charge in [0.2, 0.25) is 17.5 Å². The maximum Gasteiger partial charge on any atom is 0.322 e. The number of carbonyl (C=O) groups is 3. The van der Waals surface area contributed by atoms with Crippen LogP contribution in [0.2, 0.25) is 0 Å². The van der Waals surface area contributed by atoms with E-state index < -0.39 is 96.7 Å². The first-order chi connectivity index (χ1) is 29.6. The molecule has 0 fully saturated rings. The van der Waals surface area contributed by atoms with Gasteiger partial charge in [0, 0.05) is 17.3 Å². The monoisotopic (exact) mass is 919 g/mol. The van der Waals surface area contributed by atoms with Gasteiger partial charge in [-0.1, -0.05) is 0 Å². The summed E-state index contributed by atoms with van der Waals surface area (Å²) in [5, 5.41) is 37.6. The van der Waals surface area contributed by atoms with E-state index in [4.69, 9.17) is 10.8 Å². The molecule has 324 valence electrons. The van der Waals surface area contributed by atoms with Gasteiger partial charge in [0.25, 0.3) is 30.4 Å². The molecule has 0 saturated heterocycles. The summed E-state index contributed by atoms with van der Waals surface area (Å²) < 4.78 is 102. The predicted octanol–water partition coefficient (Wildman–Crippen LogP) is 4.17. The third-order valence-electron chi connectivity index (χ3n) is 8.50. The number of hydrogen-bond acceptors (Lipinski definition) is 18. The Morgan fingerprint density at radius 3 is 1.87 bits per heavy atom. The van der Waals surface area contributed by atoms with Gasteiger partial charge in [-0.2, -0.15) is 40.6 Å². The Balaban J connectivity index is 1.21. The largest absolute Gasteiger partial charge is 0.493 e. The summed E-state index contributed by atoms with van der Waals surface area (Å²) in [6.45, 7) is -0.364. The van der Waals surface area contributed by atoms with Crippen molar-refractivity contribution >= 4 is 105 Å². The van der Waals surface area contributed by atoms with Crippen LogP contribution in [0, 0.1) is 0 Å². The summed E-state index contributed by atoms with van der Waals surface area (Å²) in [7, 11) is -15.0. The molecule has 0 unspecified atom stereocenters. The third kappa shape index (κ3) is 10.8. The first-order valence-electron chi connectivity index (χ1n) is 17.3. The number of aliphatic imine (C=N–C) groups is 1. The van der Waals surface area contributed by atoms with Gasteiger partial charge in [0.15, 0.2) is 5.71 Å². The van der Waals surface area contributed by atoms with Gasteiger partial charge in [-0.3, -0.25) is 38.9 Å². The van der Waals surface area contributed by atoms with E-state index >= 15 is 0 Å². The molecular weight excluding hydrogens is 891 g/mol. The number of hydrazone groups is 2. The average molecular weight is 920 g/mol. The standard InChI is InChI=1S/C37H29N9O14S3/c38-33-32-20(16-30(63(58,59)60)35(36(32)50)46-43-24-9-12-26(13-10-24)61(52,53)54)15-29(62(55,56)57)34(33)45-42-22-3-1-19(2-4-22)37(51)40-21-5-7-23(8-6-21)41-44-27-14-11-25(17-28(27)47)39-18-31(48)49/h1-17,39,41,43H,18,38H2,(H,40,51)(H,48,49)(H,52,53,54)(H,55,56,57)(H,58,59,60)/b44-27+,45-42?,46-35+. The van der Waals surface area contributed by atoms with Crippen molar-refractivity contribution < 1.29 is 63.5 Å². The summed E-state index contributed by atoms with van der Waals surface area (Å²) in [5.74, 6) is -3.24. The molecule has 10 N–H and O–H groups in total. The number of aliphatic hydroxyl groups excluding tert-OH is 1. The highest BCUT2D eigenvalue weighted by molar-refractivity contribution is 7.91. The van der Waals surface area contributed by atoms with Gasteiger partial charge in [0.1, 0.15) is 27.7 Å². The Labute approximate surface area is 355 Å². The van der Waals surface area contributed by atoms with Crippen LogP contribution in [0.4, 0.5) is 34.1 Å². The number of aliphatic carboxylic acids is 1. The van der Waals surface area contributed by atoms with Gasteiger partial charge in [-0.05, 0) is 103 Å². The number of azo groups is 1. The molecule has 0 aromatic heterocycles. The molecule has 0 atom stereocenters. The quantitative estimate of drug-likeness (QED) is 0.0163. The Morgan fingerprint density at radius 1 is 0.698 bits per heavy atom. The number of benzene rings is 4. The van der Waals surface area contributed by atoms with Crippen LogP contribution in [0.3, 0.4) is 0 Å². The molecule has 0 amide bonds.